The van der Waals surface area contributed by atoms with Crippen molar-refractivity contribution in [3.05, 3.63) is 72.6 Å². The maximum absolute atomic E-state index is 13.6. The number of hydrogen-bond donors (Lipinski definition) is 4. The number of aromatic nitrogens is 4. The highest BCUT2D eigenvalue weighted by atomic mass is 32.2. The van der Waals surface area contributed by atoms with Gasteiger partial charge >= 0.3 is 0 Å². The number of rotatable bonds is 15. The zero-order chi connectivity index (χ0) is 40.4. The lowest BCUT2D eigenvalue weighted by atomic mass is 10.0. The molecule has 6 rings (SSSR count). The van der Waals surface area contributed by atoms with E-state index in [-0.39, 0.29) is 47.2 Å². The third-order valence-corrected chi connectivity index (χ3v) is 13.6. The van der Waals surface area contributed by atoms with Gasteiger partial charge in [0.25, 0.3) is 0 Å². The number of likely N-dealkylation sites (tertiary alicyclic amines) is 2. The highest BCUT2D eigenvalue weighted by Crippen LogP contribution is 2.35. The Morgan fingerprint density at radius 3 is 1.30 bits per heavy atom. The fourth-order valence-corrected chi connectivity index (χ4v) is 9.33. The van der Waals surface area contributed by atoms with Crippen molar-refractivity contribution in [2.75, 3.05) is 24.6 Å². The zero-order valence-corrected chi connectivity index (χ0v) is 34.6. The molecule has 16 heteroatoms. The number of aromatic amines is 2. The summed E-state index contributed by atoms with van der Waals surface area (Å²) >= 11 is 0. The quantitative estimate of drug-likeness (QED) is 0.123. The van der Waals surface area contributed by atoms with Gasteiger partial charge in [-0.05, 0) is 73.6 Å². The number of nitrogens with one attached hydrogen (secondary N) is 4. The van der Waals surface area contributed by atoms with Crippen molar-refractivity contribution in [2.45, 2.75) is 91.4 Å². The van der Waals surface area contributed by atoms with Crippen LogP contribution in [0.1, 0.15) is 91.0 Å². The molecule has 0 radical (unpaired) electrons. The van der Waals surface area contributed by atoms with Crippen molar-refractivity contribution in [2.24, 2.45) is 11.8 Å². The Morgan fingerprint density at radius 2 is 0.982 bits per heavy atom. The predicted octanol–water partition coefficient (Wildman–Crippen LogP) is 5.39. The number of carbonyl (C=O) groups excluding carboxylic acids is 2. The topological polar surface area (TPSA) is 190 Å². The van der Waals surface area contributed by atoms with Crippen LogP contribution in [0, 0.1) is 11.8 Å². The van der Waals surface area contributed by atoms with Gasteiger partial charge in [0.15, 0.2) is 0 Å². The fraction of sp³-hybridized carbons (Fsp3) is 0.500. The Labute approximate surface area is 330 Å². The maximum Gasteiger partial charge on any atom is 0.241 e. The van der Waals surface area contributed by atoms with Crippen LogP contribution in [0.2, 0.25) is 0 Å². The van der Waals surface area contributed by atoms with Gasteiger partial charge in [-0.1, -0.05) is 76.2 Å². The molecule has 0 aliphatic carbocycles. The van der Waals surface area contributed by atoms with Crippen LogP contribution in [-0.2, 0) is 29.6 Å². The molecule has 0 unspecified atom stereocenters. The Hall–Kier alpha value is -4.38. The van der Waals surface area contributed by atoms with Crippen LogP contribution in [0.15, 0.2) is 60.9 Å². The summed E-state index contributed by atoms with van der Waals surface area (Å²) in [7, 11) is -7.11. The standard InChI is InChI=1S/C40H54N8O6S2/c1-7-55(51,52)45-35(25(3)4)39(49)47-21-9-11-33(47)37-41-23-31(43-37)29-17-13-27(14-18-29)28-15-19-30(20-16-28)32-24-42-38(44-32)34-12-10-22-48(34)40(50)36(26(5)6)46-56(53,54)8-2/h13-20,23-26,33-36,45-46H,7-12,21-22H2,1-6H3,(H,41,43)(H,42,44)/t33-,34-,35+,36+/m1/s1. The monoisotopic (exact) mass is 806 g/mol. The molecule has 2 fully saturated rings. The molecule has 2 aromatic heterocycles. The summed E-state index contributed by atoms with van der Waals surface area (Å²) in [5.41, 5.74) is 5.61. The van der Waals surface area contributed by atoms with Crippen molar-refractivity contribution in [3.8, 4) is 33.6 Å². The summed E-state index contributed by atoms with van der Waals surface area (Å²) in [4.78, 5) is 46.9. The van der Waals surface area contributed by atoms with Crippen LogP contribution < -0.4 is 9.44 Å². The van der Waals surface area contributed by atoms with Crippen LogP contribution in [0.3, 0.4) is 0 Å². The van der Waals surface area contributed by atoms with Crippen LogP contribution >= 0.6 is 0 Å². The number of amides is 2. The zero-order valence-electron chi connectivity index (χ0n) is 32.9. The first kappa shape index (κ1) is 41.3. The van der Waals surface area contributed by atoms with Crippen molar-refractivity contribution >= 4 is 31.9 Å². The SMILES string of the molecule is CCS(=O)(=O)N[C@H](C(=O)N1CCC[C@@H]1c1ncc(-c2ccc(-c3ccc(-c4cnc([C@H]5CCCN5C(=O)[C@@H](NS(=O)(=O)CC)C(C)C)[nH]4)cc3)cc2)[nH]1)C(C)C. The molecule has 2 aromatic carbocycles. The summed E-state index contributed by atoms with van der Waals surface area (Å²) in [6.45, 7) is 11.6. The Balaban J connectivity index is 1.11. The summed E-state index contributed by atoms with van der Waals surface area (Å²) < 4.78 is 54.6. The molecule has 2 amide bonds. The predicted molar refractivity (Wildman–Crippen MR) is 217 cm³/mol. The molecule has 56 heavy (non-hydrogen) atoms. The summed E-state index contributed by atoms with van der Waals surface area (Å²) in [5, 5.41) is 0. The number of benzene rings is 2. The van der Waals surface area contributed by atoms with Gasteiger partial charge in [0.1, 0.15) is 23.7 Å². The molecule has 14 nitrogen and oxygen atoms in total. The van der Waals surface area contributed by atoms with E-state index in [9.17, 15) is 26.4 Å². The molecular formula is C40H54N8O6S2. The van der Waals surface area contributed by atoms with E-state index < -0.39 is 32.1 Å². The number of sulfonamides is 2. The van der Waals surface area contributed by atoms with E-state index in [1.54, 1.807) is 36.0 Å². The largest absolute Gasteiger partial charge is 0.340 e. The second-order valence-electron chi connectivity index (χ2n) is 15.4. The van der Waals surface area contributed by atoms with Crippen LogP contribution in [0.25, 0.3) is 33.6 Å². The first-order chi connectivity index (χ1) is 26.6. The molecule has 302 valence electrons. The molecule has 4 heterocycles. The number of nitrogens with zero attached hydrogens (tertiary/aromatic N) is 4. The molecule has 2 aliphatic heterocycles. The van der Waals surface area contributed by atoms with Gasteiger partial charge in [-0.25, -0.2) is 36.2 Å². The van der Waals surface area contributed by atoms with Crippen molar-refractivity contribution in [1.82, 2.24) is 39.2 Å². The number of H-pyrrole nitrogens is 2. The fourth-order valence-electron chi connectivity index (χ4n) is 7.47. The van der Waals surface area contributed by atoms with E-state index >= 15 is 0 Å². The van der Waals surface area contributed by atoms with Gasteiger partial charge in [0.05, 0.1) is 47.4 Å². The first-order valence-corrected chi connectivity index (χ1v) is 22.8. The molecule has 2 saturated heterocycles. The minimum absolute atomic E-state index is 0.0908. The summed E-state index contributed by atoms with van der Waals surface area (Å²) in [6.07, 6.45) is 6.63. The van der Waals surface area contributed by atoms with Gasteiger partial charge in [-0.3, -0.25) is 9.59 Å². The molecule has 4 atom stereocenters. The molecule has 4 aromatic rings. The van der Waals surface area contributed by atoms with Gasteiger partial charge in [0, 0.05) is 13.1 Å². The average Bonchev–Trinajstić information content (AvgIpc) is 4.02. The third-order valence-electron chi connectivity index (χ3n) is 10.9. The van der Waals surface area contributed by atoms with Gasteiger partial charge in [-0.2, -0.15) is 0 Å². The van der Waals surface area contributed by atoms with Gasteiger partial charge in [0.2, 0.25) is 31.9 Å². The summed E-state index contributed by atoms with van der Waals surface area (Å²) in [5.74, 6) is 0.299. The molecule has 0 spiro atoms. The average molecular weight is 807 g/mol. The van der Waals surface area contributed by atoms with Crippen molar-refractivity contribution in [3.63, 3.8) is 0 Å². The minimum atomic E-state index is -3.56. The highest BCUT2D eigenvalue weighted by molar-refractivity contribution is 7.89. The lowest BCUT2D eigenvalue weighted by Crippen LogP contribution is -2.51. The maximum atomic E-state index is 13.6. The highest BCUT2D eigenvalue weighted by Gasteiger charge is 2.39. The Bertz CT molecular complexity index is 2060. The van der Waals surface area contributed by atoms with Crippen molar-refractivity contribution < 1.29 is 26.4 Å². The number of imidazole rings is 2. The van der Waals surface area contributed by atoms with Crippen molar-refractivity contribution in [1.29, 1.82) is 0 Å². The third kappa shape index (κ3) is 9.09. The molecular weight excluding hydrogens is 753 g/mol. The van der Waals surface area contributed by atoms with Gasteiger partial charge in [-0.15, -0.1) is 0 Å². The molecule has 4 N–H and O–H groups in total. The van der Waals surface area contributed by atoms with E-state index in [1.165, 1.54) is 0 Å². The van der Waals surface area contributed by atoms with E-state index in [0.717, 1.165) is 59.3 Å². The lowest BCUT2D eigenvalue weighted by Gasteiger charge is -2.30. The van der Waals surface area contributed by atoms with Crippen LogP contribution in [-0.4, -0.2) is 95.1 Å². The Kier molecular flexibility index (Phi) is 12.5. The smallest absolute Gasteiger partial charge is 0.241 e. The molecule has 2 aliphatic rings. The van der Waals surface area contributed by atoms with Crippen LogP contribution in [0.5, 0.6) is 0 Å². The van der Waals surface area contributed by atoms with Gasteiger partial charge < -0.3 is 19.8 Å². The Morgan fingerprint density at radius 1 is 0.643 bits per heavy atom. The van der Waals surface area contributed by atoms with E-state index in [4.69, 9.17) is 0 Å². The minimum Gasteiger partial charge on any atom is -0.340 e. The summed E-state index contributed by atoms with van der Waals surface area (Å²) in [6, 6.07) is 14.1. The number of carbonyl (C=O) groups is 2. The lowest BCUT2D eigenvalue weighted by molar-refractivity contribution is -0.135. The second-order valence-corrected chi connectivity index (χ2v) is 19.5. The molecule has 0 bridgehead atoms. The molecule has 0 saturated carbocycles. The van der Waals surface area contributed by atoms with Crippen LogP contribution in [0.4, 0.5) is 0 Å². The normalized spacial score (nSPS) is 18.9. The van der Waals surface area contributed by atoms with E-state index in [2.05, 4.69) is 29.4 Å². The second kappa shape index (κ2) is 17.0. The number of hydrogen-bond acceptors (Lipinski definition) is 8. The first-order valence-electron chi connectivity index (χ1n) is 19.5. The van der Waals surface area contributed by atoms with E-state index in [1.807, 2.05) is 76.2 Å². The van der Waals surface area contributed by atoms with E-state index in [0.29, 0.717) is 24.7 Å².